The van der Waals surface area contributed by atoms with Gasteiger partial charge in [0.15, 0.2) is 0 Å². The van der Waals surface area contributed by atoms with Crippen LogP contribution in [-0.2, 0) is 27.2 Å². The van der Waals surface area contributed by atoms with E-state index in [-0.39, 0.29) is 18.5 Å². The normalized spacial score (nSPS) is 17.0. The second kappa shape index (κ2) is 6.72. The topological polar surface area (TPSA) is 75.6 Å². The van der Waals surface area contributed by atoms with Crippen molar-refractivity contribution in [2.45, 2.75) is 38.8 Å². The van der Waals surface area contributed by atoms with Crippen LogP contribution in [0.3, 0.4) is 0 Å². The SMILES string of the molecule is CCOC(=O)[C@@H](N[C@@H](C)C(=O)O)C1Cc2ccccc2C1. The number of carboxylic acids is 1. The fourth-order valence-corrected chi connectivity index (χ4v) is 2.80. The number of hydrogen-bond acceptors (Lipinski definition) is 4. The maximum absolute atomic E-state index is 12.2. The molecule has 0 fully saturated rings. The highest BCUT2D eigenvalue weighted by Crippen LogP contribution is 2.29. The van der Waals surface area contributed by atoms with Gasteiger partial charge in [-0.15, -0.1) is 0 Å². The zero-order valence-electron chi connectivity index (χ0n) is 12.3. The van der Waals surface area contributed by atoms with E-state index in [1.165, 1.54) is 18.1 Å². The first-order valence-corrected chi connectivity index (χ1v) is 7.25. The molecule has 0 radical (unpaired) electrons. The van der Waals surface area contributed by atoms with Gasteiger partial charge < -0.3 is 9.84 Å². The Morgan fingerprint density at radius 1 is 1.33 bits per heavy atom. The van der Waals surface area contributed by atoms with E-state index in [2.05, 4.69) is 17.4 Å². The molecule has 21 heavy (non-hydrogen) atoms. The van der Waals surface area contributed by atoms with Crippen LogP contribution in [0.1, 0.15) is 25.0 Å². The molecule has 2 rings (SSSR count). The van der Waals surface area contributed by atoms with Crippen LogP contribution in [0.5, 0.6) is 0 Å². The van der Waals surface area contributed by atoms with Crippen LogP contribution in [0.2, 0.25) is 0 Å². The Labute approximate surface area is 124 Å². The molecule has 1 aliphatic rings. The molecule has 0 saturated carbocycles. The molecule has 0 aromatic heterocycles. The van der Waals surface area contributed by atoms with Gasteiger partial charge >= 0.3 is 11.9 Å². The van der Waals surface area contributed by atoms with Crippen LogP contribution in [0.15, 0.2) is 24.3 Å². The van der Waals surface area contributed by atoms with Gasteiger partial charge in [0.1, 0.15) is 12.1 Å². The number of fused-ring (bicyclic) bond motifs is 1. The van der Waals surface area contributed by atoms with E-state index < -0.39 is 18.1 Å². The van der Waals surface area contributed by atoms with Crippen molar-refractivity contribution in [2.24, 2.45) is 5.92 Å². The molecule has 0 saturated heterocycles. The minimum Gasteiger partial charge on any atom is -0.480 e. The summed E-state index contributed by atoms with van der Waals surface area (Å²) < 4.78 is 5.10. The summed E-state index contributed by atoms with van der Waals surface area (Å²) in [5, 5.41) is 11.9. The molecule has 0 aliphatic heterocycles. The molecule has 1 aliphatic carbocycles. The van der Waals surface area contributed by atoms with Crippen molar-refractivity contribution in [2.75, 3.05) is 6.61 Å². The molecular weight excluding hydrogens is 270 g/mol. The number of rotatable bonds is 6. The van der Waals surface area contributed by atoms with Crippen LogP contribution in [-0.4, -0.2) is 35.7 Å². The van der Waals surface area contributed by atoms with Crippen molar-refractivity contribution in [3.8, 4) is 0 Å². The van der Waals surface area contributed by atoms with Crippen LogP contribution in [0.4, 0.5) is 0 Å². The molecule has 1 aromatic carbocycles. The van der Waals surface area contributed by atoms with Gasteiger partial charge in [-0.2, -0.15) is 0 Å². The number of ether oxygens (including phenoxy) is 1. The number of carbonyl (C=O) groups excluding carboxylic acids is 1. The van der Waals surface area contributed by atoms with Crippen LogP contribution in [0, 0.1) is 5.92 Å². The Balaban J connectivity index is 2.13. The highest BCUT2D eigenvalue weighted by Gasteiger charge is 2.35. The molecule has 2 N–H and O–H groups in total. The summed E-state index contributed by atoms with van der Waals surface area (Å²) in [6.45, 7) is 3.58. The number of nitrogens with one attached hydrogen (secondary N) is 1. The maximum Gasteiger partial charge on any atom is 0.323 e. The molecule has 0 amide bonds. The quantitative estimate of drug-likeness (QED) is 0.775. The van der Waals surface area contributed by atoms with Crippen molar-refractivity contribution in [3.05, 3.63) is 35.4 Å². The van der Waals surface area contributed by atoms with Gasteiger partial charge in [-0.3, -0.25) is 14.9 Å². The third-order valence-electron chi connectivity index (χ3n) is 3.89. The number of carboxylic acid groups (broad SMARTS) is 1. The molecule has 1 aromatic rings. The van der Waals surface area contributed by atoms with Crippen molar-refractivity contribution in [1.82, 2.24) is 5.32 Å². The molecular formula is C16H21NO4. The molecule has 0 bridgehead atoms. The number of carbonyl (C=O) groups is 2. The van der Waals surface area contributed by atoms with E-state index in [9.17, 15) is 9.59 Å². The van der Waals surface area contributed by atoms with Crippen LogP contribution >= 0.6 is 0 Å². The molecule has 0 unspecified atom stereocenters. The summed E-state index contributed by atoms with van der Waals surface area (Å²) in [5.41, 5.74) is 2.45. The molecule has 0 heterocycles. The Hall–Kier alpha value is -1.88. The van der Waals surface area contributed by atoms with E-state index >= 15 is 0 Å². The largest absolute Gasteiger partial charge is 0.480 e. The minimum absolute atomic E-state index is 0.0308. The first-order chi connectivity index (χ1) is 10.0. The van der Waals surface area contributed by atoms with E-state index in [0.717, 1.165) is 12.8 Å². The van der Waals surface area contributed by atoms with Gasteiger partial charge in [-0.05, 0) is 43.7 Å². The monoisotopic (exact) mass is 291 g/mol. The van der Waals surface area contributed by atoms with Crippen molar-refractivity contribution in [3.63, 3.8) is 0 Å². The number of hydrogen-bond donors (Lipinski definition) is 2. The second-order valence-corrected chi connectivity index (χ2v) is 5.39. The molecule has 5 heteroatoms. The van der Waals surface area contributed by atoms with Gasteiger partial charge in [0.25, 0.3) is 0 Å². The Bertz CT molecular complexity index is 504. The van der Waals surface area contributed by atoms with Gasteiger partial charge in [0.05, 0.1) is 6.61 Å². The molecule has 0 spiro atoms. The zero-order chi connectivity index (χ0) is 15.4. The van der Waals surface area contributed by atoms with Crippen molar-refractivity contribution >= 4 is 11.9 Å². The first-order valence-electron chi connectivity index (χ1n) is 7.25. The third-order valence-corrected chi connectivity index (χ3v) is 3.89. The lowest BCUT2D eigenvalue weighted by molar-refractivity contribution is -0.148. The average Bonchev–Trinajstić information content (AvgIpc) is 2.87. The lowest BCUT2D eigenvalue weighted by Gasteiger charge is -2.24. The second-order valence-electron chi connectivity index (χ2n) is 5.39. The maximum atomic E-state index is 12.2. The summed E-state index contributed by atoms with van der Waals surface area (Å²) in [6.07, 6.45) is 1.53. The standard InChI is InChI=1S/C16H21NO4/c1-3-21-16(20)14(17-10(2)15(18)19)13-8-11-6-4-5-7-12(11)9-13/h4-7,10,13-14,17H,3,8-9H2,1-2H3,(H,18,19)/t10-,14-/m0/s1. The van der Waals surface area contributed by atoms with Crippen LogP contribution in [0.25, 0.3) is 0 Å². The Morgan fingerprint density at radius 3 is 2.38 bits per heavy atom. The summed E-state index contributed by atoms with van der Waals surface area (Å²) in [5.74, 6) is -1.31. The predicted molar refractivity (Wildman–Crippen MR) is 78.0 cm³/mol. The van der Waals surface area contributed by atoms with Crippen molar-refractivity contribution in [1.29, 1.82) is 0 Å². The average molecular weight is 291 g/mol. The Kier molecular flexibility index (Phi) is 4.96. The molecule has 5 nitrogen and oxygen atoms in total. The summed E-state index contributed by atoms with van der Waals surface area (Å²) in [6, 6.07) is 6.68. The van der Waals surface area contributed by atoms with Crippen LogP contribution < -0.4 is 5.32 Å². The lowest BCUT2D eigenvalue weighted by Crippen LogP contribution is -2.50. The van der Waals surface area contributed by atoms with Gasteiger partial charge in [0, 0.05) is 0 Å². The summed E-state index contributed by atoms with van der Waals surface area (Å²) in [7, 11) is 0. The van der Waals surface area contributed by atoms with Gasteiger partial charge in [-0.1, -0.05) is 24.3 Å². The summed E-state index contributed by atoms with van der Waals surface area (Å²) >= 11 is 0. The Morgan fingerprint density at radius 2 is 1.90 bits per heavy atom. The fourth-order valence-electron chi connectivity index (χ4n) is 2.80. The highest BCUT2D eigenvalue weighted by molar-refractivity contribution is 5.79. The highest BCUT2D eigenvalue weighted by atomic mass is 16.5. The van der Waals surface area contributed by atoms with E-state index in [1.54, 1.807) is 6.92 Å². The van der Waals surface area contributed by atoms with Crippen molar-refractivity contribution < 1.29 is 19.4 Å². The van der Waals surface area contributed by atoms with Gasteiger partial charge in [0.2, 0.25) is 0 Å². The predicted octanol–water partition coefficient (Wildman–Crippen LogP) is 1.40. The van der Waals surface area contributed by atoms with Gasteiger partial charge in [-0.25, -0.2) is 0 Å². The van der Waals surface area contributed by atoms with E-state index in [4.69, 9.17) is 9.84 Å². The smallest absolute Gasteiger partial charge is 0.323 e. The number of esters is 1. The fraction of sp³-hybridized carbons (Fsp3) is 0.500. The molecule has 114 valence electrons. The minimum atomic E-state index is -0.972. The summed E-state index contributed by atoms with van der Waals surface area (Å²) in [4.78, 5) is 23.2. The number of benzene rings is 1. The lowest BCUT2D eigenvalue weighted by atomic mass is 9.95. The van der Waals surface area contributed by atoms with E-state index in [1.807, 2.05) is 12.1 Å². The van der Waals surface area contributed by atoms with E-state index in [0.29, 0.717) is 0 Å². The zero-order valence-corrected chi connectivity index (χ0v) is 12.3. The number of aliphatic carboxylic acids is 1. The molecule has 2 atom stereocenters. The first kappa shape index (κ1) is 15.5. The third kappa shape index (κ3) is 3.61.